The Morgan fingerprint density at radius 3 is 2.36 bits per heavy atom. The average molecular weight is 195 g/mol. The quantitative estimate of drug-likeness (QED) is 0.689. The number of aliphatic hydroxyl groups is 1. The normalized spacial score (nSPS) is 41.1. The lowest BCUT2D eigenvalue weighted by atomic mass is 9.55. The smallest absolute Gasteiger partial charge is 0.0904 e. The van der Waals surface area contributed by atoms with Crippen molar-refractivity contribution in [3.63, 3.8) is 0 Å². The Hall–Kier alpha value is -0.590. The van der Waals surface area contributed by atoms with E-state index in [2.05, 4.69) is 13.0 Å². The summed E-state index contributed by atoms with van der Waals surface area (Å²) in [7, 11) is 0. The van der Waals surface area contributed by atoms with Gasteiger partial charge in [0.25, 0.3) is 0 Å². The monoisotopic (exact) mass is 195 g/mol. The Morgan fingerprint density at radius 1 is 1.36 bits per heavy atom. The van der Waals surface area contributed by atoms with Crippen LogP contribution in [0, 0.1) is 22.7 Å². The first-order valence-electron chi connectivity index (χ1n) is 5.33. The summed E-state index contributed by atoms with van der Waals surface area (Å²) >= 11 is 0. The van der Waals surface area contributed by atoms with Gasteiger partial charge >= 0.3 is 0 Å². The third-order valence-electron chi connectivity index (χ3n) is 3.82. The maximum atomic E-state index is 10.4. The van der Waals surface area contributed by atoms with Crippen molar-refractivity contribution in [2.45, 2.75) is 38.2 Å². The molecule has 0 aromatic rings. The van der Waals surface area contributed by atoms with E-state index in [1.807, 2.05) is 0 Å². The Bertz CT molecular complexity index is 257. The molecule has 1 saturated carbocycles. The molecule has 1 saturated heterocycles. The maximum Gasteiger partial charge on any atom is 0.0904 e. The van der Waals surface area contributed by atoms with Gasteiger partial charge in [0.2, 0.25) is 0 Å². The molecule has 2 fully saturated rings. The van der Waals surface area contributed by atoms with Gasteiger partial charge < -0.3 is 9.84 Å². The molecule has 2 aliphatic rings. The largest absolute Gasteiger partial charge is 0.388 e. The third kappa shape index (κ3) is 1.25. The minimum absolute atomic E-state index is 0.530. The molecule has 14 heavy (non-hydrogen) atoms. The topological polar surface area (TPSA) is 53.2 Å². The van der Waals surface area contributed by atoms with E-state index in [1.54, 1.807) is 0 Å². The van der Waals surface area contributed by atoms with Crippen LogP contribution < -0.4 is 0 Å². The SMILES string of the molecule is CC1CC(O)(C2(C#N)CCOCC2)C1. The first-order chi connectivity index (χ1) is 6.62. The zero-order valence-corrected chi connectivity index (χ0v) is 8.62. The van der Waals surface area contributed by atoms with E-state index in [1.165, 1.54) is 0 Å². The second kappa shape index (κ2) is 3.22. The molecule has 1 aliphatic heterocycles. The van der Waals surface area contributed by atoms with Crippen molar-refractivity contribution in [2.24, 2.45) is 11.3 Å². The van der Waals surface area contributed by atoms with Gasteiger partial charge in [-0.15, -0.1) is 0 Å². The molecule has 0 atom stereocenters. The highest BCUT2D eigenvalue weighted by Gasteiger charge is 2.57. The summed E-state index contributed by atoms with van der Waals surface area (Å²) in [5.74, 6) is 0.563. The van der Waals surface area contributed by atoms with Gasteiger partial charge in [-0.05, 0) is 31.6 Å². The molecule has 78 valence electrons. The van der Waals surface area contributed by atoms with E-state index in [-0.39, 0.29) is 0 Å². The molecule has 2 rings (SSSR count). The molecule has 0 radical (unpaired) electrons. The molecule has 3 heteroatoms. The zero-order chi connectivity index (χ0) is 10.2. The van der Waals surface area contributed by atoms with E-state index in [9.17, 15) is 10.4 Å². The molecule has 0 amide bonds. The zero-order valence-electron chi connectivity index (χ0n) is 8.62. The van der Waals surface area contributed by atoms with E-state index < -0.39 is 11.0 Å². The standard InChI is InChI=1S/C11H17NO2/c1-9-6-11(13,7-9)10(8-12)2-4-14-5-3-10/h9,13H,2-7H2,1H3. The van der Waals surface area contributed by atoms with Gasteiger partial charge in [0.15, 0.2) is 0 Å². The van der Waals surface area contributed by atoms with Crippen LogP contribution in [-0.4, -0.2) is 23.9 Å². The Kier molecular flexibility index (Phi) is 2.29. The second-order valence-electron chi connectivity index (χ2n) is 4.85. The molecule has 3 nitrogen and oxygen atoms in total. The van der Waals surface area contributed by atoms with Crippen LogP contribution in [0.3, 0.4) is 0 Å². The predicted octanol–water partition coefficient (Wildman–Crippen LogP) is 1.47. The van der Waals surface area contributed by atoms with Crippen molar-refractivity contribution in [1.29, 1.82) is 5.26 Å². The Balaban J connectivity index is 2.16. The first kappa shape index (κ1) is 9.95. The second-order valence-corrected chi connectivity index (χ2v) is 4.85. The lowest BCUT2D eigenvalue weighted by Gasteiger charge is -2.53. The number of rotatable bonds is 1. The summed E-state index contributed by atoms with van der Waals surface area (Å²) in [5.41, 5.74) is -1.26. The summed E-state index contributed by atoms with van der Waals surface area (Å²) < 4.78 is 5.25. The summed E-state index contributed by atoms with van der Waals surface area (Å²) in [5, 5.41) is 19.6. The highest BCUT2D eigenvalue weighted by atomic mass is 16.5. The van der Waals surface area contributed by atoms with Gasteiger partial charge in [0, 0.05) is 13.2 Å². The lowest BCUT2D eigenvalue weighted by molar-refractivity contribution is -0.168. The molecule has 1 N–H and O–H groups in total. The van der Waals surface area contributed by atoms with Crippen LogP contribution in [0.2, 0.25) is 0 Å². The highest BCUT2D eigenvalue weighted by molar-refractivity contribution is 5.16. The summed E-state index contributed by atoms with van der Waals surface area (Å²) in [6.45, 7) is 3.35. The average Bonchev–Trinajstić information content (AvgIpc) is 2.16. The Labute approximate surface area is 84.7 Å². The van der Waals surface area contributed by atoms with Crippen LogP contribution in [0.1, 0.15) is 32.6 Å². The van der Waals surface area contributed by atoms with Gasteiger partial charge in [-0.1, -0.05) is 6.92 Å². The lowest BCUT2D eigenvalue weighted by Crippen LogP contribution is -2.57. The van der Waals surface area contributed by atoms with Gasteiger partial charge in [0.05, 0.1) is 17.1 Å². The minimum atomic E-state index is -0.731. The van der Waals surface area contributed by atoms with Crippen molar-refractivity contribution >= 4 is 0 Å². The fourth-order valence-electron chi connectivity index (χ4n) is 2.88. The van der Waals surface area contributed by atoms with Gasteiger partial charge in [-0.3, -0.25) is 0 Å². The number of nitriles is 1. The van der Waals surface area contributed by atoms with E-state index in [4.69, 9.17) is 4.74 Å². The predicted molar refractivity (Wildman–Crippen MR) is 51.4 cm³/mol. The number of ether oxygens (including phenoxy) is 1. The molecule has 1 aliphatic carbocycles. The van der Waals surface area contributed by atoms with Crippen molar-refractivity contribution in [2.75, 3.05) is 13.2 Å². The molecule has 0 bridgehead atoms. The highest BCUT2D eigenvalue weighted by Crippen LogP contribution is 2.53. The number of nitrogens with zero attached hydrogens (tertiary/aromatic N) is 1. The summed E-state index contributed by atoms with van der Waals surface area (Å²) in [6.07, 6.45) is 2.93. The molecule has 0 aromatic carbocycles. The molecule has 0 unspecified atom stereocenters. The van der Waals surface area contributed by atoms with Crippen LogP contribution >= 0.6 is 0 Å². The number of hydrogen-bond donors (Lipinski definition) is 1. The van der Waals surface area contributed by atoms with Gasteiger partial charge in [-0.2, -0.15) is 5.26 Å². The van der Waals surface area contributed by atoms with E-state index in [0.717, 1.165) is 12.8 Å². The molecule has 0 aromatic heterocycles. The van der Waals surface area contributed by atoms with Crippen molar-refractivity contribution < 1.29 is 9.84 Å². The fourth-order valence-corrected chi connectivity index (χ4v) is 2.88. The summed E-state index contributed by atoms with van der Waals surface area (Å²) in [4.78, 5) is 0. The summed E-state index contributed by atoms with van der Waals surface area (Å²) in [6, 6.07) is 2.35. The first-order valence-corrected chi connectivity index (χ1v) is 5.33. The Morgan fingerprint density at radius 2 is 1.93 bits per heavy atom. The van der Waals surface area contributed by atoms with Crippen LogP contribution in [0.5, 0.6) is 0 Å². The number of hydrogen-bond acceptors (Lipinski definition) is 3. The van der Waals surface area contributed by atoms with Crippen molar-refractivity contribution in [1.82, 2.24) is 0 Å². The van der Waals surface area contributed by atoms with Crippen molar-refractivity contribution in [3.8, 4) is 6.07 Å². The van der Waals surface area contributed by atoms with Crippen molar-refractivity contribution in [3.05, 3.63) is 0 Å². The minimum Gasteiger partial charge on any atom is -0.388 e. The molecule has 1 heterocycles. The van der Waals surface area contributed by atoms with Crippen LogP contribution in [-0.2, 0) is 4.74 Å². The maximum absolute atomic E-state index is 10.4. The van der Waals surface area contributed by atoms with E-state index in [0.29, 0.717) is 32.0 Å². The van der Waals surface area contributed by atoms with Gasteiger partial charge in [0.1, 0.15) is 0 Å². The fraction of sp³-hybridized carbons (Fsp3) is 0.909. The van der Waals surface area contributed by atoms with Crippen LogP contribution in [0.4, 0.5) is 0 Å². The van der Waals surface area contributed by atoms with Crippen LogP contribution in [0.25, 0.3) is 0 Å². The molecule has 0 spiro atoms. The molecular weight excluding hydrogens is 178 g/mol. The van der Waals surface area contributed by atoms with E-state index >= 15 is 0 Å². The third-order valence-corrected chi connectivity index (χ3v) is 3.82. The van der Waals surface area contributed by atoms with Crippen LogP contribution in [0.15, 0.2) is 0 Å². The van der Waals surface area contributed by atoms with Gasteiger partial charge in [-0.25, -0.2) is 0 Å². The molecular formula is C11H17NO2.